The van der Waals surface area contributed by atoms with Gasteiger partial charge in [-0.1, -0.05) is 13.8 Å². The Hall–Kier alpha value is -1.89. The van der Waals surface area contributed by atoms with Gasteiger partial charge in [-0.15, -0.1) is 0 Å². The van der Waals surface area contributed by atoms with Gasteiger partial charge in [-0.2, -0.15) is 15.1 Å². The molecule has 0 amide bonds. The standard InChI is InChI=1S/C11H19N7/c1-3-5-18(6-4-2)10-8-7-13-17-9(8)14-11(15-10)16-12/h7H,3-6,12H2,1-2H3,(H2,13,14,15,16,17). The van der Waals surface area contributed by atoms with Gasteiger partial charge >= 0.3 is 0 Å². The molecule has 0 radical (unpaired) electrons. The van der Waals surface area contributed by atoms with Crippen LogP contribution >= 0.6 is 0 Å². The lowest BCUT2D eigenvalue weighted by molar-refractivity contribution is 0.736. The molecular formula is C11H19N7. The molecule has 2 rings (SSSR count). The Balaban J connectivity index is 2.48. The normalized spacial score (nSPS) is 10.8. The first-order chi connectivity index (χ1) is 8.80. The molecule has 0 fully saturated rings. The highest BCUT2D eigenvalue weighted by atomic mass is 15.3. The predicted molar refractivity (Wildman–Crippen MR) is 72.3 cm³/mol. The molecule has 98 valence electrons. The van der Waals surface area contributed by atoms with Crippen molar-refractivity contribution >= 4 is 22.8 Å². The quantitative estimate of drug-likeness (QED) is 0.527. The molecule has 4 N–H and O–H groups in total. The molecular weight excluding hydrogens is 230 g/mol. The van der Waals surface area contributed by atoms with Crippen molar-refractivity contribution in [3.05, 3.63) is 6.20 Å². The number of fused-ring (bicyclic) bond motifs is 1. The number of hydrogen-bond acceptors (Lipinski definition) is 6. The van der Waals surface area contributed by atoms with Gasteiger partial charge in [0.2, 0.25) is 5.95 Å². The van der Waals surface area contributed by atoms with Crippen molar-refractivity contribution < 1.29 is 0 Å². The SMILES string of the molecule is CCCN(CCC)c1nc(NN)nc2[nH]ncc12. The minimum Gasteiger partial charge on any atom is -0.356 e. The highest BCUT2D eigenvalue weighted by molar-refractivity contribution is 5.87. The predicted octanol–water partition coefficient (Wildman–Crippen LogP) is 1.26. The number of nitrogens with two attached hydrogens (primary N) is 1. The summed E-state index contributed by atoms with van der Waals surface area (Å²) in [6, 6.07) is 0. The van der Waals surface area contributed by atoms with Gasteiger partial charge in [0.25, 0.3) is 0 Å². The molecule has 0 spiro atoms. The molecule has 0 aromatic carbocycles. The van der Waals surface area contributed by atoms with E-state index in [1.807, 2.05) is 0 Å². The van der Waals surface area contributed by atoms with E-state index in [-0.39, 0.29) is 0 Å². The van der Waals surface area contributed by atoms with Gasteiger partial charge in [0.15, 0.2) is 5.65 Å². The van der Waals surface area contributed by atoms with Crippen LogP contribution in [0.15, 0.2) is 6.20 Å². The zero-order chi connectivity index (χ0) is 13.0. The fourth-order valence-corrected chi connectivity index (χ4v) is 1.99. The van der Waals surface area contributed by atoms with Crippen LogP contribution in [0.1, 0.15) is 26.7 Å². The van der Waals surface area contributed by atoms with E-state index < -0.39 is 0 Å². The maximum absolute atomic E-state index is 5.40. The maximum Gasteiger partial charge on any atom is 0.241 e. The number of rotatable bonds is 6. The van der Waals surface area contributed by atoms with Gasteiger partial charge in [-0.25, -0.2) is 5.84 Å². The summed E-state index contributed by atoms with van der Waals surface area (Å²) in [6.07, 6.45) is 3.88. The van der Waals surface area contributed by atoms with Crippen molar-refractivity contribution in [2.75, 3.05) is 23.4 Å². The summed E-state index contributed by atoms with van der Waals surface area (Å²) in [7, 11) is 0. The zero-order valence-corrected chi connectivity index (χ0v) is 10.8. The number of hydrazine groups is 1. The topological polar surface area (TPSA) is 95.8 Å². The molecule has 0 bridgehead atoms. The van der Waals surface area contributed by atoms with Crippen LogP contribution in [0.2, 0.25) is 0 Å². The van der Waals surface area contributed by atoms with E-state index in [2.05, 4.69) is 44.3 Å². The van der Waals surface area contributed by atoms with Gasteiger partial charge < -0.3 is 4.90 Å². The fraction of sp³-hybridized carbons (Fsp3) is 0.545. The molecule has 2 aromatic rings. The second-order valence-corrected chi connectivity index (χ2v) is 4.13. The Bertz CT molecular complexity index is 501. The van der Waals surface area contributed by atoms with E-state index in [0.29, 0.717) is 11.6 Å². The number of aromatic nitrogens is 4. The summed E-state index contributed by atoms with van der Waals surface area (Å²) in [4.78, 5) is 10.9. The number of nitrogen functional groups attached to an aromatic ring is 1. The summed E-state index contributed by atoms with van der Waals surface area (Å²) in [5.41, 5.74) is 3.19. The third-order valence-corrected chi connectivity index (χ3v) is 2.71. The first-order valence-electron chi connectivity index (χ1n) is 6.22. The highest BCUT2D eigenvalue weighted by Gasteiger charge is 2.14. The molecule has 0 saturated carbocycles. The van der Waals surface area contributed by atoms with Crippen LogP contribution in [-0.2, 0) is 0 Å². The van der Waals surface area contributed by atoms with Crippen molar-refractivity contribution in [3.8, 4) is 0 Å². The second-order valence-electron chi connectivity index (χ2n) is 4.13. The van der Waals surface area contributed by atoms with Crippen molar-refractivity contribution in [2.24, 2.45) is 5.84 Å². The number of nitrogens with one attached hydrogen (secondary N) is 2. The Morgan fingerprint density at radius 2 is 2.00 bits per heavy atom. The van der Waals surface area contributed by atoms with Crippen LogP contribution in [0.25, 0.3) is 11.0 Å². The van der Waals surface area contributed by atoms with Crippen LogP contribution < -0.4 is 16.2 Å². The van der Waals surface area contributed by atoms with E-state index in [0.717, 1.165) is 37.1 Å². The average Bonchev–Trinajstić information content (AvgIpc) is 2.85. The molecule has 7 nitrogen and oxygen atoms in total. The number of H-pyrrole nitrogens is 1. The minimum atomic E-state index is 0.402. The van der Waals surface area contributed by atoms with Crippen LogP contribution in [0, 0.1) is 0 Å². The Morgan fingerprint density at radius 3 is 2.61 bits per heavy atom. The molecule has 0 atom stereocenters. The third kappa shape index (κ3) is 2.35. The van der Waals surface area contributed by atoms with E-state index in [1.165, 1.54) is 0 Å². The van der Waals surface area contributed by atoms with Crippen molar-refractivity contribution in [1.29, 1.82) is 0 Å². The molecule has 0 saturated heterocycles. The van der Waals surface area contributed by atoms with Gasteiger partial charge in [-0.05, 0) is 12.8 Å². The molecule has 0 aliphatic rings. The van der Waals surface area contributed by atoms with Gasteiger partial charge in [0, 0.05) is 13.1 Å². The molecule has 2 aromatic heterocycles. The summed E-state index contributed by atoms with van der Waals surface area (Å²) < 4.78 is 0. The average molecular weight is 249 g/mol. The van der Waals surface area contributed by atoms with Crippen molar-refractivity contribution in [2.45, 2.75) is 26.7 Å². The second kappa shape index (κ2) is 5.63. The van der Waals surface area contributed by atoms with Crippen LogP contribution in [0.4, 0.5) is 11.8 Å². The fourth-order valence-electron chi connectivity index (χ4n) is 1.99. The summed E-state index contributed by atoms with van der Waals surface area (Å²) >= 11 is 0. The Labute approximate surface area is 106 Å². The number of aromatic amines is 1. The van der Waals surface area contributed by atoms with Gasteiger partial charge in [-0.3, -0.25) is 10.5 Å². The van der Waals surface area contributed by atoms with E-state index >= 15 is 0 Å². The Kier molecular flexibility index (Phi) is 3.93. The van der Waals surface area contributed by atoms with Crippen molar-refractivity contribution in [1.82, 2.24) is 20.2 Å². The third-order valence-electron chi connectivity index (χ3n) is 2.71. The number of anilines is 2. The number of nitrogens with zero attached hydrogens (tertiary/aromatic N) is 4. The first kappa shape index (κ1) is 12.6. The number of hydrogen-bond donors (Lipinski definition) is 3. The lowest BCUT2D eigenvalue weighted by atomic mass is 10.3. The maximum atomic E-state index is 5.40. The summed E-state index contributed by atoms with van der Waals surface area (Å²) in [6.45, 7) is 6.21. The van der Waals surface area contributed by atoms with E-state index in [9.17, 15) is 0 Å². The largest absolute Gasteiger partial charge is 0.356 e. The van der Waals surface area contributed by atoms with Crippen molar-refractivity contribution in [3.63, 3.8) is 0 Å². The molecule has 2 heterocycles. The monoisotopic (exact) mass is 249 g/mol. The van der Waals surface area contributed by atoms with Crippen LogP contribution in [0.3, 0.4) is 0 Å². The lowest BCUT2D eigenvalue weighted by Crippen LogP contribution is -2.26. The summed E-state index contributed by atoms with van der Waals surface area (Å²) in [5, 5.41) is 7.79. The molecule has 18 heavy (non-hydrogen) atoms. The lowest BCUT2D eigenvalue weighted by Gasteiger charge is -2.23. The smallest absolute Gasteiger partial charge is 0.241 e. The van der Waals surface area contributed by atoms with Gasteiger partial charge in [0.05, 0.1) is 11.6 Å². The van der Waals surface area contributed by atoms with Crippen LogP contribution in [-0.4, -0.2) is 33.3 Å². The first-order valence-corrected chi connectivity index (χ1v) is 6.22. The Morgan fingerprint density at radius 1 is 1.28 bits per heavy atom. The summed E-state index contributed by atoms with van der Waals surface area (Å²) in [5.74, 6) is 6.68. The molecule has 0 aliphatic carbocycles. The van der Waals surface area contributed by atoms with Gasteiger partial charge in [0.1, 0.15) is 5.82 Å². The molecule has 7 heteroatoms. The zero-order valence-electron chi connectivity index (χ0n) is 10.8. The highest BCUT2D eigenvalue weighted by Crippen LogP contribution is 2.23. The van der Waals surface area contributed by atoms with E-state index in [1.54, 1.807) is 6.20 Å². The minimum absolute atomic E-state index is 0.402. The van der Waals surface area contributed by atoms with E-state index in [4.69, 9.17) is 5.84 Å². The van der Waals surface area contributed by atoms with Crippen LogP contribution in [0.5, 0.6) is 0 Å². The molecule has 0 unspecified atom stereocenters. The molecule has 0 aliphatic heterocycles.